The van der Waals surface area contributed by atoms with Crippen molar-refractivity contribution in [1.82, 2.24) is 0 Å². The van der Waals surface area contributed by atoms with Gasteiger partial charge in [0.1, 0.15) is 11.5 Å². The van der Waals surface area contributed by atoms with Crippen LogP contribution in [0.25, 0.3) is 0 Å². The van der Waals surface area contributed by atoms with Crippen LogP contribution in [0.4, 0.5) is 11.4 Å². The smallest absolute Gasteiger partial charge is 0.255 e. The van der Waals surface area contributed by atoms with Gasteiger partial charge in [-0.1, -0.05) is 24.3 Å². The maximum Gasteiger partial charge on any atom is 0.255 e. The number of nitrogens with one attached hydrogen (secondary N) is 2. The van der Waals surface area contributed by atoms with E-state index in [-0.39, 0.29) is 19.1 Å². The van der Waals surface area contributed by atoms with Crippen LogP contribution >= 0.6 is 0 Å². The highest BCUT2D eigenvalue weighted by atomic mass is 16.5. The Morgan fingerprint density at radius 2 is 1.61 bits per heavy atom. The van der Waals surface area contributed by atoms with E-state index in [1.807, 2.05) is 30.3 Å². The summed E-state index contributed by atoms with van der Waals surface area (Å²) < 4.78 is 5.73. The SMILES string of the molecule is O=C(Nc1ccc(Oc2ccccc2)cc1)c1cccc(NCC(O)CO)c1. The summed E-state index contributed by atoms with van der Waals surface area (Å²) in [5.41, 5.74) is 1.82. The molecule has 1 unspecified atom stereocenters. The number of carbonyl (C=O) groups is 1. The van der Waals surface area contributed by atoms with Crippen LogP contribution in [0.5, 0.6) is 11.5 Å². The van der Waals surface area contributed by atoms with Gasteiger partial charge >= 0.3 is 0 Å². The zero-order valence-corrected chi connectivity index (χ0v) is 15.2. The van der Waals surface area contributed by atoms with Crippen LogP contribution in [-0.2, 0) is 0 Å². The number of hydrogen-bond donors (Lipinski definition) is 4. The van der Waals surface area contributed by atoms with Crippen LogP contribution in [-0.4, -0.2) is 35.4 Å². The molecule has 6 heteroatoms. The fraction of sp³-hybridized carbons (Fsp3) is 0.136. The molecule has 0 aliphatic rings. The lowest BCUT2D eigenvalue weighted by molar-refractivity contribution is 0.102. The minimum absolute atomic E-state index is 0.199. The van der Waals surface area contributed by atoms with Crippen molar-refractivity contribution in [2.24, 2.45) is 0 Å². The van der Waals surface area contributed by atoms with Gasteiger partial charge in [-0.3, -0.25) is 4.79 Å². The maximum absolute atomic E-state index is 12.5. The van der Waals surface area contributed by atoms with Crippen LogP contribution in [0.15, 0.2) is 78.9 Å². The molecule has 0 bridgehead atoms. The molecule has 28 heavy (non-hydrogen) atoms. The van der Waals surface area contributed by atoms with Crippen molar-refractivity contribution in [3.63, 3.8) is 0 Å². The molecule has 0 saturated carbocycles. The van der Waals surface area contributed by atoms with Gasteiger partial charge in [0.2, 0.25) is 0 Å². The zero-order valence-electron chi connectivity index (χ0n) is 15.2. The van der Waals surface area contributed by atoms with Gasteiger partial charge in [-0.05, 0) is 54.6 Å². The summed E-state index contributed by atoms with van der Waals surface area (Å²) in [6, 6.07) is 23.5. The molecule has 0 saturated heterocycles. The van der Waals surface area contributed by atoms with Crippen LogP contribution in [0, 0.1) is 0 Å². The molecule has 3 aromatic carbocycles. The van der Waals surface area contributed by atoms with Crippen molar-refractivity contribution < 1.29 is 19.7 Å². The first-order valence-electron chi connectivity index (χ1n) is 8.91. The first-order valence-corrected chi connectivity index (χ1v) is 8.91. The third kappa shape index (κ3) is 5.57. The largest absolute Gasteiger partial charge is 0.457 e. The van der Waals surface area contributed by atoms with Crippen LogP contribution < -0.4 is 15.4 Å². The molecule has 0 heterocycles. The van der Waals surface area contributed by atoms with Crippen molar-refractivity contribution in [1.29, 1.82) is 0 Å². The molecule has 3 aromatic rings. The van der Waals surface area contributed by atoms with E-state index in [0.717, 1.165) is 5.75 Å². The quantitative estimate of drug-likeness (QED) is 0.482. The number of amides is 1. The van der Waals surface area contributed by atoms with E-state index in [4.69, 9.17) is 9.84 Å². The van der Waals surface area contributed by atoms with Crippen molar-refractivity contribution in [3.05, 3.63) is 84.4 Å². The van der Waals surface area contributed by atoms with Crippen molar-refractivity contribution in [2.75, 3.05) is 23.8 Å². The summed E-state index contributed by atoms with van der Waals surface area (Å²) in [4.78, 5) is 12.5. The second-order valence-corrected chi connectivity index (χ2v) is 6.19. The number of benzene rings is 3. The predicted octanol–water partition coefficient (Wildman–Crippen LogP) is 3.50. The number of ether oxygens (including phenoxy) is 1. The fourth-order valence-corrected chi connectivity index (χ4v) is 2.50. The van der Waals surface area contributed by atoms with E-state index in [1.165, 1.54) is 0 Å². The summed E-state index contributed by atoms with van der Waals surface area (Å²) in [7, 11) is 0. The third-order valence-corrected chi connectivity index (χ3v) is 3.97. The summed E-state index contributed by atoms with van der Waals surface area (Å²) in [5.74, 6) is 1.18. The van der Waals surface area contributed by atoms with Crippen molar-refractivity contribution in [2.45, 2.75) is 6.10 Å². The molecule has 0 aliphatic carbocycles. The number of para-hydroxylation sites is 1. The van der Waals surface area contributed by atoms with Gasteiger partial charge in [0.25, 0.3) is 5.91 Å². The van der Waals surface area contributed by atoms with Crippen molar-refractivity contribution in [3.8, 4) is 11.5 Å². The highest BCUT2D eigenvalue weighted by Crippen LogP contribution is 2.23. The van der Waals surface area contributed by atoms with E-state index in [2.05, 4.69) is 10.6 Å². The predicted molar refractivity (Wildman–Crippen MR) is 109 cm³/mol. The zero-order chi connectivity index (χ0) is 19.8. The molecule has 0 aliphatic heterocycles. The lowest BCUT2D eigenvalue weighted by atomic mass is 10.1. The summed E-state index contributed by atoms with van der Waals surface area (Å²) in [5, 5.41) is 24.1. The van der Waals surface area contributed by atoms with Crippen molar-refractivity contribution >= 4 is 17.3 Å². The Morgan fingerprint density at radius 3 is 2.32 bits per heavy atom. The molecule has 1 atom stereocenters. The molecule has 144 valence electrons. The third-order valence-electron chi connectivity index (χ3n) is 3.97. The number of rotatable bonds is 8. The topological polar surface area (TPSA) is 90.8 Å². The monoisotopic (exact) mass is 378 g/mol. The minimum Gasteiger partial charge on any atom is -0.457 e. The van der Waals surface area contributed by atoms with E-state index < -0.39 is 6.10 Å². The fourth-order valence-electron chi connectivity index (χ4n) is 2.50. The number of hydrogen-bond acceptors (Lipinski definition) is 5. The van der Waals surface area contributed by atoms with Gasteiger partial charge in [0, 0.05) is 23.5 Å². The van der Waals surface area contributed by atoms with Crippen LogP contribution in [0.2, 0.25) is 0 Å². The van der Waals surface area contributed by atoms with Crippen LogP contribution in [0.1, 0.15) is 10.4 Å². The molecular formula is C22H22N2O4. The van der Waals surface area contributed by atoms with E-state index in [1.54, 1.807) is 48.5 Å². The summed E-state index contributed by atoms with van der Waals surface area (Å²) >= 11 is 0. The Balaban J connectivity index is 1.60. The van der Waals surface area contributed by atoms with Gasteiger partial charge in [-0.15, -0.1) is 0 Å². The van der Waals surface area contributed by atoms with E-state index >= 15 is 0 Å². The molecule has 1 amide bonds. The maximum atomic E-state index is 12.5. The van der Waals surface area contributed by atoms with Crippen LogP contribution in [0.3, 0.4) is 0 Å². The van der Waals surface area contributed by atoms with E-state index in [0.29, 0.717) is 22.7 Å². The Hall–Kier alpha value is -3.35. The lowest BCUT2D eigenvalue weighted by Crippen LogP contribution is -2.23. The first kappa shape index (κ1) is 19.4. The number of aliphatic hydroxyl groups is 2. The van der Waals surface area contributed by atoms with Gasteiger partial charge < -0.3 is 25.6 Å². The average molecular weight is 378 g/mol. The van der Waals surface area contributed by atoms with Gasteiger partial charge in [0.05, 0.1) is 12.7 Å². The molecule has 0 fully saturated rings. The molecular weight excluding hydrogens is 356 g/mol. The highest BCUT2D eigenvalue weighted by Gasteiger charge is 2.08. The molecule has 0 aromatic heterocycles. The Labute approximate surface area is 163 Å². The van der Waals surface area contributed by atoms with Gasteiger partial charge in [-0.2, -0.15) is 0 Å². The molecule has 3 rings (SSSR count). The number of aliphatic hydroxyl groups excluding tert-OH is 2. The van der Waals surface area contributed by atoms with Gasteiger partial charge in [-0.25, -0.2) is 0 Å². The Morgan fingerprint density at radius 1 is 0.893 bits per heavy atom. The number of anilines is 2. The number of carbonyl (C=O) groups excluding carboxylic acids is 1. The van der Waals surface area contributed by atoms with Gasteiger partial charge in [0.15, 0.2) is 0 Å². The normalized spacial score (nSPS) is 11.5. The second-order valence-electron chi connectivity index (χ2n) is 6.19. The summed E-state index contributed by atoms with van der Waals surface area (Å²) in [6.45, 7) is -0.123. The highest BCUT2D eigenvalue weighted by molar-refractivity contribution is 6.04. The second kappa shape index (κ2) is 9.55. The molecule has 0 spiro atoms. The van der Waals surface area contributed by atoms with E-state index in [9.17, 15) is 9.90 Å². The Bertz CT molecular complexity index is 898. The minimum atomic E-state index is -0.853. The molecule has 4 N–H and O–H groups in total. The summed E-state index contributed by atoms with van der Waals surface area (Å²) in [6.07, 6.45) is -0.853. The standard InChI is InChI=1S/C22H22N2O4/c25-15-19(26)14-23-18-6-4-5-16(13-18)22(27)24-17-9-11-21(12-10-17)28-20-7-2-1-3-8-20/h1-13,19,23,25-26H,14-15H2,(H,24,27). The lowest BCUT2D eigenvalue weighted by Gasteiger charge is -2.12. The average Bonchev–Trinajstić information content (AvgIpc) is 2.74. The molecule has 6 nitrogen and oxygen atoms in total. The first-order chi connectivity index (χ1) is 13.6. The Kier molecular flexibility index (Phi) is 6.62. The molecule has 0 radical (unpaired) electrons.